The Bertz CT molecular complexity index is 820. The zero-order valence-electron chi connectivity index (χ0n) is 16.2. The summed E-state index contributed by atoms with van der Waals surface area (Å²) >= 11 is 0. The molecule has 1 unspecified atom stereocenters. The number of carbonyl (C=O) groups is 1. The number of ether oxygens (including phenoxy) is 4. The van der Waals surface area contributed by atoms with Crippen molar-refractivity contribution in [3.63, 3.8) is 0 Å². The molecule has 0 saturated heterocycles. The lowest BCUT2D eigenvalue weighted by Crippen LogP contribution is -2.29. The summed E-state index contributed by atoms with van der Waals surface area (Å²) in [6.45, 7) is 0.630. The number of methoxy groups -OCH3 is 4. The van der Waals surface area contributed by atoms with Gasteiger partial charge in [0.2, 0.25) is 6.41 Å². The van der Waals surface area contributed by atoms with Crippen LogP contribution in [0.1, 0.15) is 22.7 Å². The molecule has 0 radical (unpaired) electrons. The minimum absolute atomic E-state index is 0.0957. The molecule has 3 rings (SSSR count). The van der Waals surface area contributed by atoms with Crippen molar-refractivity contribution >= 4 is 6.41 Å². The van der Waals surface area contributed by atoms with Crippen LogP contribution in [0.25, 0.3) is 0 Å². The largest absolute Gasteiger partial charge is 0.493 e. The number of benzene rings is 2. The van der Waals surface area contributed by atoms with E-state index in [2.05, 4.69) is 0 Å². The summed E-state index contributed by atoms with van der Waals surface area (Å²) in [6.07, 6.45) is 2.36. The van der Waals surface area contributed by atoms with Gasteiger partial charge in [0, 0.05) is 6.54 Å². The van der Waals surface area contributed by atoms with Gasteiger partial charge in [0.05, 0.1) is 34.5 Å². The Kier molecular flexibility index (Phi) is 5.74. The molecule has 0 aliphatic carbocycles. The number of hydrogen-bond donors (Lipinski definition) is 0. The fourth-order valence-corrected chi connectivity index (χ4v) is 3.61. The molecule has 27 heavy (non-hydrogen) atoms. The van der Waals surface area contributed by atoms with Crippen molar-refractivity contribution in [3.05, 3.63) is 47.0 Å². The Hall–Kier alpha value is -2.89. The standard InChI is InChI=1S/C21H25NO5/c1-24-18-6-5-15(11-19(18)25-2)17-9-16-12-21(27-4)20(26-3)10-14(16)7-8-22(17)13-23/h5-6,10-13,17H,7-9H2,1-4H3. The average molecular weight is 371 g/mol. The molecule has 6 heteroatoms. The first-order valence-corrected chi connectivity index (χ1v) is 8.81. The van der Waals surface area contributed by atoms with E-state index in [1.165, 1.54) is 5.56 Å². The van der Waals surface area contributed by atoms with Crippen LogP contribution >= 0.6 is 0 Å². The maximum atomic E-state index is 11.8. The van der Waals surface area contributed by atoms with Crippen LogP contribution in [0.3, 0.4) is 0 Å². The summed E-state index contributed by atoms with van der Waals surface area (Å²) in [5.41, 5.74) is 3.32. The summed E-state index contributed by atoms with van der Waals surface area (Å²) < 4.78 is 21.6. The number of hydrogen-bond acceptors (Lipinski definition) is 5. The van der Waals surface area contributed by atoms with E-state index in [1.807, 2.05) is 35.2 Å². The van der Waals surface area contributed by atoms with Crippen LogP contribution in [-0.4, -0.2) is 46.3 Å². The van der Waals surface area contributed by atoms with E-state index >= 15 is 0 Å². The maximum Gasteiger partial charge on any atom is 0.210 e. The SMILES string of the molecule is COc1ccc(C2Cc3cc(OC)c(OC)cc3CCN2C=O)cc1OC. The lowest BCUT2D eigenvalue weighted by Gasteiger charge is -2.27. The van der Waals surface area contributed by atoms with Gasteiger partial charge in [-0.3, -0.25) is 4.79 Å². The van der Waals surface area contributed by atoms with Crippen molar-refractivity contribution in [1.29, 1.82) is 0 Å². The number of amides is 1. The van der Waals surface area contributed by atoms with Crippen LogP contribution in [0, 0.1) is 0 Å². The van der Waals surface area contributed by atoms with Crippen molar-refractivity contribution in [1.82, 2.24) is 4.90 Å². The quantitative estimate of drug-likeness (QED) is 0.731. The van der Waals surface area contributed by atoms with Gasteiger partial charge in [-0.15, -0.1) is 0 Å². The van der Waals surface area contributed by atoms with Gasteiger partial charge in [0.15, 0.2) is 23.0 Å². The highest BCUT2D eigenvalue weighted by atomic mass is 16.5. The molecule has 0 saturated carbocycles. The first-order valence-electron chi connectivity index (χ1n) is 8.81. The van der Waals surface area contributed by atoms with Crippen molar-refractivity contribution in [2.24, 2.45) is 0 Å². The van der Waals surface area contributed by atoms with Gasteiger partial charge >= 0.3 is 0 Å². The first kappa shape index (κ1) is 18.9. The van der Waals surface area contributed by atoms with Gasteiger partial charge in [-0.25, -0.2) is 0 Å². The Morgan fingerprint density at radius 3 is 2.04 bits per heavy atom. The van der Waals surface area contributed by atoms with Gasteiger partial charge < -0.3 is 23.8 Å². The number of fused-ring (bicyclic) bond motifs is 1. The molecule has 1 heterocycles. The van der Waals surface area contributed by atoms with Gasteiger partial charge in [0.1, 0.15) is 0 Å². The Balaban J connectivity index is 2.03. The van der Waals surface area contributed by atoms with E-state index in [4.69, 9.17) is 18.9 Å². The summed E-state index contributed by atoms with van der Waals surface area (Å²) in [7, 11) is 6.48. The third-order valence-electron chi connectivity index (χ3n) is 5.09. The molecule has 6 nitrogen and oxygen atoms in total. The van der Waals surface area contributed by atoms with Gasteiger partial charge in [-0.05, 0) is 53.8 Å². The summed E-state index contributed by atoms with van der Waals surface area (Å²) in [4.78, 5) is 13.6. The minimum Gasteiger partial charge on any atom is -0.493 e. The molecule has 1 aliphatic heterocycles. The third kappa shape index (κ3) is 3.65. The molecule has 2 aromatic carbocycles. The minimum atomic E-state index is -0.0957. The second kappa shape index (κ2) is 8.20. The van der Waals surface area contributed by atoms with Gasteiger partial charge in [-0.2, -0.15) is 0 Å². The lowest BCUT2D eigenvalue weighted by atomic mass is 9.95. The highest BCUT2D eigenvalue weighted by molar-refractivity contribution is 5.54. The predicted molar refractivity (Wildman–Crippen MR) is 102 cm³/mol. The van der Waals surface area contributed by atoms with Gasteiger partial charge in [-0.1, -0.05) is 6.07 Å². The maximum absolute atomic E-state index is 11.8. The second-order valence-corrected chi connectivity index (χ2v) is 6.40. The molecule has 0 spiro atoms. The van der Waals surface area contributed by atoms with Crippen LogP contribution in [0.4, 0.5) is 0 Å². The van der Waals surface area contributed by atoms with E-state index in [-0.39, 0.29) is 6.04 Å². The fraction of sp³-hybridized carbons (Fsp3) is 0.381. The van der Waals surface area contributed by atoms with E-state index in [0.29, 0.717) is 36.0 Å². The molecule has 0 aromatic heterocycles. The highest BCUT2D eigenvalue weighted by Crippen LogP contribution is 2.38. The number of nitrogens with zero attached hydrogens (tertiary/aromatic N) is 1. The molecule has 1 aliphatic rings. The Morgan fingerprint density at radius 2 is 1.44 bits per heavy atom. The van der Waals surface area contributed by atoms with Crippen LogP contribution < -0.4 is 18.9 Å². The van der Waals surface area contributed by atoms with Crippen LogP contribution in [-0.2, 0) is 17.6 Å². The normalized spacial score (nSPS) is 16.1. The monoisotopic (exact) mass is 371 g/mol. The topological polar surface area (TPSA) is 57.2 Å². The Labute approximate surface area is 159 Å². The van der Waals surface area contributed by atoms with E-state index in [9.17, 15) is 4.79 Å². The van der Waals surface area contributed by atoms with Gasteiger partial charge in [0.25, 0.3) is 0 Å². The summed E-state index contributed by atoms with van der Waals surface area (Å²) in [5, 5.41) is 0. The smallest absolute Gasteiger partial charge is 0.210 e. The molecule has 0 fully saturated rings. The average Bonchev–Trinajstić information content (AvgIpc) is 2.90. The van der Waals surface area contributed by atoms with E-state index in [1.54, 1.807) is 28.4 Å². The molecule has 2 aromatic rings. The predicted octanol–water partition coefficient (Wildman–Crippen LogP) is 3.02. The number of rotatable bonds is 6. The zero-order valence-corrected chi connectivity index (χ0v) is 16.2. The molecular formula is C21H25NO5. The summed E-state index contributed by atoms with van der Waals surface area (Å²) in [6, 6.07) is 9.71. The molecule has 1 amide bonds. The highest BCUT2D eigenvalue weighted by Gasteiger charge is 2.26. The molecule has 0 bridgehead atoms. The van der Waals surface area contributed by atoms with Crippen LogP contribution in [0.15, 0.2) is 30.3 Å². The van der Waals surface area contributed by atoms with Crippen molar-refractivity contribution in [2.75, 3.05) is 35.0 Å². The van der Waals surface area contributed by atoms with Crippen molar-refractivity contribution in [3.8, 4) is 23.0 Å². The fourth-order valence-electron chi connectivity index (χ4n) is 3.61. The Morgan fingerprint density at radius 1 is 0.852 bits per heavy atom. The molecule has 1 atom stereocenters. The van der Waals surface area contributed by atoms with Crippen molar-refractivity contribution < 1.29 is 23.7 Å². The zero-order chi connectivity index (χ0) is 19.4. The second-order valence-electron chi connectivity index (χ2n) is 6.40. The van der Waals surface area contributed by atoms with Crippen LogP contribution in [0.2, 0.25) is 0 Å². The number of carbonyl (C=O) groups excluding carboxylic acids is 1. The van der Waals surface area contributed by atoms with Crippen molar-refractivity contribution in [2.45, 2.75) is 18.9 Å². The van der Waals surface area contributed by atoms with E-state index < -0.39 is 0 Å². The lowest BCUT2D eigenvalue weighted by molar-refractivity contribution is -0.120. The molecule has 144 valence electrons. The summed E-state index contributed by atoms with van der Waals surface area (Å²) in [5.74, 6) is 2.72. The molecule has 0 N–H and O–H groups in total. The third-order valence-corrected chi connectivity index (χ3v) is 5.09. The molecular weight excluding hydrogens is 346 g/mol. The van der Waals surface area contributed by atoms with Crippen LogP contribution in [0.5, 0.6) is 23.0 Å². The van der Waals surface area contributed by atoms with E-state index in [0.717, 1.165) is 24.0 Å². The first-order chi connectivity index (χ1) is 13.1.